The van der Waals surface area contributed by atoms with Crippen molar-refractivity contribution >= 4 is 11.5 Å². The van der Waals surface area contributed by atoms with Gasteiger partial charge in [0.1, 0.15) is 12.0 Å². The Morgan fingerprint density at radius 2 is 2.32 bits per heavy atom. The number of aliphatic hydroxyl groups excluding tert-OH is 1. The van der Waals surface area contributed by atoms with Gasteiger partial charge in [0.25, 0.3) is 5.69 Å². The number of hydrogen-bond acceptors (Lipinski definition) is 6. The Hall–Kier alpha value is -2.48. The van der Waals surface area contributed by atoms with Crippen molar-refractivity contribution < 1.29 is 10.0 Å². The number of aliphatic hydroxyl groups is 1. The Labute approximate surface area is 108 Å². The van der Waals surface area contributed by atoms with Gasteiger partial charge >= 0.3 is 0 Å². The van der Waals surface area contributed by atoms with Gasteiger partial charge in [-0.15, -0.1) is 0 Å². The van der Waals surface area contributed by atoms with Gasteiger partial charge in [-0.05, 0) is 6.07 Å². The second-order valence-corrected chi connectivity index (χ2v) is 4.00. The van der Waals surface area contributed by atoms with Crippen molar-refractivity contribution in [2.24, 2.45) is 7.05 Å². The van der Waals surface area contributed by atoms with Crippen molar-refractivity contribution in [2.75, 3.05) is 11.9 Å². The van der Waals surface area contributed by atoms with Crippen LogP contribution in [0.15, 0.2) is 30.7 Å². The molecule has 0 spiro atoms. The molecule has 2 N–H and O–H groups in total. The van der Waals surface area contributed by atoms with Crippen molar-refractivity contribution in [3.05, 3.63) is 46.4 Å². The summed E-state index contributed by atoms with van der Waals surface area (Å²) in [6.07, 6.45) is 3.75. The molecule has 0 radical (unpaired) electrons. The first-order valence-electron chi connectivity index (χ1n) is 5.57. The molecule has 0 saturated heterocycles. The lowest BCUT2D eigenvalue weighted by molar-refractivity contribution is -0.385. The Kier molecular flexibility index (Phi) is 3.71. The molecule has 1 unspecified atom stereocenters. The number of aromatic nitrogens is 3. The van der Waals surface area contributed by atoms with E-state index in [1.807, 2.05) is 0 Å². The number of hydrogen-bond donors (Lipinski definition) is 2. The highest BCUT2D eigenvalue weighted by Crippen LogP contribution is 2.14. The first-order valence-corrected chi connectivity index (χ1v) is 5.57. The zero-order valence-electron chi connectivity index (χ0n) is 10.2. The third-order valence-corrected chi connectivity index (χ3v) is 2.54. The maximum Gasteiger partial charge on any atom is 0.287 e. The minimum absolute atomic E-state index is 0.0710. The average molecular weight is 263 g/mol. The SMILES string of the molecule is Cn1cc(C(O)CNc2ccc([N+](=O)[O-])cn2)cn1. The van der Waals surface area contributed by atoms with Crippen molar-refractivity contribution in [1.29, 1.82) is 0 Å². The zero-order valence-corrected chi connectivity index (χ0v) is 10.2. The van der Waals surface area contributed by atoms with Crippen LogP contribution in [0.25, 0.3) is 0 Å². The van der Waals surface area contributed by atoms with E-state index in [9.17, 15) is 15.2 Å². The largest absolute Gasteiger partial charge is 0.386 e. The highest BCUT2D eigenvalue weighted by atomic mass is 16.6. The van der Waals surface area contributed by atoms with Crippen LogP contribution < -0.4 is 5.32 Å². The molecule has 8 nitrogen and oxygen atoms in total. The Balaban J connectivity index is 1.93. The van der Waals surface area contributed by atoms with Crippen LogP contribution in [-0.2, 0) is 7.05 Å². The third kappa shape index (κ3) is 3.26. The van der Waals surface area contributed by atoms with Gasteiger partial charge < -0.3 is 10.4 Å². The zero-order chi connectivity index (χ0) is 13.8. The lowest BCUT2D eigenvalue weighted by Gasteiger charge is -2.10. The van der Waals surface area contributed by atoms with Gasteiger partial charge in [-0.2, -0.15) is 5.10 Å². The minimum atomic E-state index is -0.717. The molecule has 100 valence electrons. The van der Waals surface area contributed by atoms with Gasteiger partial charge in [0.15, 0.2) is 0 Å². The number of nitrogens with zero attached hydrogens (tertiary/aromatic N) is 4. The summed E-state index contributed by atoms with van der Waals surface area (Å²) in [6, 6.07) is 2.85. The standard InChI is InChI=1S/C11H13N5O3/c1-15-7-8(4-14-15)10(17)6-13-11-3-2-9(5-12-11)16(18)19/h2-5,7,10,17H,6H2,1H3,(H,12,13). The van der Waals surface area contributed by atoms with E-state index in [-0.39, 0.29) is 12.2 Å². The topological polar surface area (TPSA) is 106 Å². The molecule has 0 aliphatic heterocycles. The molecule has 1 atom stereocenters. The van der Waals surface area contributed by atoms with Crippen molar-refractivity contribution in [3.63, 3.8) is 0 Å². The average Bonchev–Trinajstić information content (AvgIpc) is 2.83. The molecule has 8 heteroatoms. The molecule has 19 heavy (non-hydrogen) atoms. The van der Waals surface area contributed by atoms with Crippen LogP contribution in [0.3, 0.4) is 0 Å². The van der Waals surface area contributed by atoms with Crippen molar-refractivity contribution in [1.82, 2.24) is 14.8 Å². The summed E-state index contributed by atoms with van der Waals surface area (Å²) in [5.74, 6) is 0.466. The fourth-order valence-corrected chi connectivity index (χ4v) is 1.53. The van der Waals surface area contributed by atoms with Gasteiger partial charge in [0.05, 0.1) is 17.2 Å². The number of aryl methyl sites for hydroxylation is 1. The van der Waals surface area contributed by atoms with Gasteiger partial charge in [-0.1, -0.05) is 0 Å². The van der Waals surface area contributed by atoms with E-state index in [2.05, 4.69) is 15.4 Å². The molecular weight excluding hydrogens is 250 g/mol. The molecule has 2 heterocycles. The van der Waals surface area contributed by atoms with E-state index in [4.69, 9.17) is 0 Å². The summed E-state index contributed by atoms with van der Waals surface area (Å²) in [7, 11) is 1.77. The van der Waals surface area contributed by atoms with Crippen molar-refractivity contribution in [2.45, 2.75) is 6.10 Å². The molecule has 0 amide bonds. The lowest BCUT2D eigenvalue weighted by atomic mass is 10.2. The third-order valence-electron chi connectivity index (χ3n) is 2.54. The van der Waals surface area contributed by atoms with Crippen molar-refractivity contribution in [3.8, 4) is 0 Å². The Bertz CT molecular complexity index is 566. The number of anilines is 1. The highest BCUT2D eigenvalue weighted by molar-refractivity contribution is 5.40. The first-order chi connectivity index (χ1) is 9.06. The highest BCUT2D eigenvalue weighted by Gasteiger charge is 2.10. The first kappa shape index (κ1) is 13.0. The molecule has 2 aromatic rings. The maximum atomic E-state index is 10.5. The second kappa shape index (κ2) is 5.44. The van der Waals surface area contributed by atoms with Crippen LogP contribution in [0.5, 0.6) is 0 Å². The molecule has 0 aliphatic rings. The van der Waals surface area contributed by atoms with Crippen LogP contribution in [-0.4, -0.2) is 31.3 Å². The normalized spacial score (nSPS) is 12.1. The summed E-state index contributed by atoms with van der Waals surface area (Å²) in [5.41, 5.74) is 0.621. The summed E-state index contributed by atoms with van der Waals surface area (Å²) in [4.78, 5) is 13.8. The molecule has 0 bridgehead atoms. The van der Waals surface area contributed by atoms with Crippen LogP contribution in [0.1, 0.15) is 11.7 Å². The fourth-order valence-electron chi connectivity index (χ4n) is 1.53. The summed E-state index contributed by atoms with van der Waals surface area (Å²) in [5, 5.41) is 27.2. The van der Waals surface area contributed by atoms with E-state index in [1.165, 1.54) is 18.3 Å². The number of nitrogens with one attached hydrogen (secondary N) is 1. The van der Waals surface area contributed by atoms with Gasteiger partial charge in [-0.25, -0.2) is 4.98 Å². The number of rotatable bonds is 5. The van der Waals surface area contributed by atoms with E-state index < -0.39 is 11.0 Å². The predicted octanol–water partition coefficient (Wildman–Crippen LogP) is 0.869. The molecule has 2 rings (SSSR count). The lowest BCUT2D eigenvalue weighted by Crippen LogP contribution is -2.12. The smallest absolute Gasteiger partial charge is 0.287 e. The molecule has 0 saturated carbocycles. The molecule has 0 aromatic carbocycles. The summed E-state index contributed by atoms with van der Waals surface area (Å²) in [6.45, 7) is 0.247. The van der Waals surface area contributed by atoms with E-state index in [0.29, 0.717) is 11.4 Å². The monoisotopic (exact) mass is 263 g/mol. The van der Waals surface area contributed by atoms with E-state index >= 15 is 0 Å². The van der Waals surface area contributed by atoms with Crippen LogP contribution in [0, 0.1) is 10.1 Å². The van der Waals surface area contributed by atoms with E-state index in [1.54, 1.807) is 24.1 Å². The Morgan fingerprint density at radius 3 is 2.84 bits per heavy atom. The minimum Gasteiger partial charge on any atom is -0.386 e. The van der Waals surface area contributed by atoms with Crippen LogP contribution >= 0.6 is 0 Å². The maximum absolute atomic E-state index is 10.5. The molecule has 2 aromatic heterocycles. The summed E-state index contributed by atoms with van der Waals surface area (Å²) < 4.78 is 1.60. The van der Waals surface area contributed by atoms with Crippen LogP contribution in [0.2, 0.25) is 0 Å². The second-order valence-electron chi connectivity index (χ2n) is 4.00. The Morgan fingerprint density at radius 1 is 1.53 bits per heavy atom. The number of pyridine rings is 1. The van der Waals surface area contributed by atoms with E-state index in [0.717, 1.165) is 0 Å². The molecule has 0 fully saturated rings. The van der Waals surface area contributed by atoms with Crippen LogP contribution in [0.4, 0.5) is 11.5 Å². The van der Waals surface area contributed by atoms with Gasteiger partial charge in [0, 0.05) is 31.4 Å². The number of nitro groups is 1. The molecule has 0 aliphatic carbocycles. The summed E-state index contributed by atoms with van der Waals surface area (Å²) >= 11 is 0. The quantitative estimate of drug-likeness (QED) is 0.612. The van der Waals surface area contributed by atoms with Gasteiger partial charge in [-0.3, -0.25) is 14.8 Å². The van der Waals surface area contributed by atoms with Gasteiger partial charge in [0.2, 0.25) is 0 Å². The molecular formula is C11H13N5O3. The fraction of sp³-hybridized carbons (Fsp3) is 0.273. The predicted molar refractivity (Wildman–Crippen MR) is 67.5 cm³/mol.